The number of aliphatic carboxylic acids is 2. The molecule has 9 nitrogen and oxygen atoms in total. The molecule has 4 rings (SSSR count). The van der Waals surface area contributed by atoms with E-state index in [4.69, 9.17) is 24.2 Å². The van der Waals surface area contributed by atoms with E-state index in [2.05, 4.69) is 20.9 Å². The number of furan rings is 1. The van der Waals surface area contributed by atoms with Gasteiger partial charge in [-0.2, -0.15) is 26.3 Å². The Bertz CT molecular complexity index is 1110. The van der Waals surface area contributed by atoms with E-state index in [1.54, 1.807) is 12.4 Å². The number of carboxylic acid groups (broad SMARTS) is 2. The van der Waals surface area contributed by atoms with Crippen molar-refractivity contribution < 1.29 is 55.4 Å². The minimum Gasteiger partial charge on any atom is -0.475 e. The number of nitrogens with zero attached hydrogens (tertiary/aromatic N) is 3. The number of hydrogen-bond acceptors (Lipinski definition) is 6. The maximum absolute atomic E-state index is 12.9. The molecule has 4 heterocycles. The number of amides is 1. The van der Waals surface area contributed by atoms with E-state index in [0.29, 0.717) is 17.6 Å². The zero-order valence-electron chi connectivity index (χ0n) is 20.2. The van der Waals surface area contributed by atoms with Gasteiger partial charge >= 0.3 is 24.3 Å². The molecule has 2 aromatic heterocycles. The van der Waals surface area contributed by atoms with Gasteiger partial charge < -0.3 is 19.5 Å². The highest BCUT2D eigenvalue weighted by molar-refractivity contribution is 5.94. The lowest BCUT2D eigenvalue weighted by molar-refractivity contribution is -0.193. The average Bonchev–Trinajstić information content (AvgIpc) is 3.51. The largest absolute Gasteiger partial charge is 0.490 e. The van der Waals surface area contributed by atoms with Crippen molar-refractivity contribution in [2.75, 3.05) is 13.1 Å². The van der Waals surface area contributed by atoms with Gasteiger partial charge in [-0.15, -0.1) is 0 Å². The molecule has 2 fully saturated rings. The van der Waals surface area contributed by atoms with E-state index in [9.17, 15) is 31.1 Å². The molecule has 2 aliphatic heterocycles. The maximum atomic E-state index is 12.9. The van der Waals surface area contributed by atoms with E-state index in [0.717, 1.165) is 49.6 Å². The number of hydrogen-bond donors (Lipinski definition) is 2. The van der Waals surface area contributed by atoms with Gasteiger partial charge in [0.15, 0.2) is 0 Å². The summed E-state index contributed by atoms with van der Waals surface area (Å²) >= 11 is 0. The zero-order chi connectivity index (χ0) is 28.8. The van der Waals surface area contributed by atoms with Crippen molar-refractivity contribution >= 4 is 17.8 Å². The molecule has 0 aromatic carbocycles. The Morgan fingerprint density at radius 2 is 1.50 bits per heavy atom. The number of alkyl halides is 6. The van der Waals surface area contributed by atoms with Crippen LogP contribution < -0.4 is 0 Å². The monoisotopic (exact) mass is 553 g/mol. The minimum absolute atomic E-state index is 0.120. The quantitative estimate of drug-likeness (QED) is 0.546. The highest BCUT2D eigenvalue weighted by atomic mass is 19.4. The molecular formula is C23H25F6N3O6. The third-order valence-corrected chi connectivity index (χ3v) is 5.71. The molecule has 0 unspecified atom stereocenters. The first-order valence-corrected chi connectivity index (χ1v) is 11.1. The van der Waals surface area contributed by atoms with Gasteiger partial charge in [0, 0.05) is 37.6 Å². The summed E-state index contributed by atoms with van der Waals surface area (Å²) in [5, 5.41) is 14.2. The van der Waals surface area contributed by atoms with Gasteiger partial charge in [0.2, 0.25) is 0 Å². The van der Waals surface area contributed by atoms with Crippen molar-refractivity contribution in [3.63, 3.8) is 0 Å². The molecule has 0 aliphatic carbocycles. The third-order valence-electron chi connectivity index (χ3n) is 5.71. The first-order valence-electron chi connectivity index (χ1n) is 11.1. The molecule has 2 atom stereocenters. The van der Waals surface area contributed by atoms with Crippen LogP contribution in [0.15, 0.2) is 35.0 Å². The van der Waals surface area contributed by atoms with Crippen molar-refractivity contribution in [1.29, 1.82) is 0 Å². The second kappa shape index (κ2) is 12.3. The molecule has 38 heavy (non-hydrogen) atoms. The molecular weight excluding hydrogens is 528 g/mol. The Morgan fingerprint density at radius 1 is 0.947 bits per heavy atom. The lowest BCUT2D eigenvalue weighted by Crippen LogP contribution is -2.39. The molecule has 210 valence electrons. The van der Waals surface area contributed by atoms with E-state index in [-0.39, 0.29) is 5.91 Å². The number of halogens is 6. The van der Waals surface area contributed by atoms with Gasteiger partial charge in [-0.1, -0.05) is 0 Å². The number of carbonyl (C=O) groups is 3. The van der Waals surface area contributed by atoms with Crippen LogP contribution in [0.3, 0.4) is 0 Å². The Balaban J connectivity index is 0.000000301. The summed E-state index contributed by atoms with van der Waals surface area (Å²) in [5.74, 6) is -3.42. The first kappa shape index (κ1) is 30.6. The molecule has 2 aromatic rings. The number of pyridine rings is 1. The van der Waals surface area contributed by atoms with Crippen LogP contribution >= 0.6 is 0 Å². The van der Waals surface area contributed by atoms with Crippen LogP contribution in [0.2, 0.25) is 0 Å². The van der Waals surface area contributed by atoms with Crippen molar-refractivity contribution in [2.24, 2.45) is 0 Å². The predicted octanol–water partition coefficient (Wildman–Crippen LogP) is 4.05. The fourth-order valence-electron chi connectivity index (χ4n) is 4.13. The van der Waals surface area contributed by atoms with Crippen LogP contribution in [0.1, 0.15) is 40.3 Å². The topological polar surface area (TPSA) is 124 Å². The second-order valence-corrected chi connectivity index (χ2v) is 8.55. The first-order chi connectivity index (χ1) is 17.5. The van der Waals surface area contributed by atoms with Crippen molar-refractivity contribution in [3.05, 3.63) is 53.2 Å². The normalized spacial score (nSPS) is 19.1. The molecule has 2 saturated heterocycles. The third kappa shape index (κ3) is 8.46. The molecule has 0 radical (unpaired) electrons. The summed E-state index contributed by atoms with van der Waals surface area (Å²) in [6, 6.07) is 6.75. The van der Waals surface area contributed by atoms with Gasteiger partial charge in [0.1, 0.15) is 11.5 Å². The smallest absolute Gasteiger partial charge is 0.475 e. The summed E-state index contributed by atoms with van der Waals surface area (Å²) in [6.45, 7) is 6.63. The van der Waals surface area contributed by atoms with Crippen LogP contribution in [-0.2, 0) is 16.1 Å². The van der Waals surface area contributed by atoms with E-state index in [1.165, 1.54) is 0 Å². The van der Waals surface area contributed by atoms with Gasteiger partial charge in [-0.25, -0.2) is 9.59 Å². The summed E-state index contributed by atoms with van der Waals surface area (Å²) < 4.78 is 69.2. The Kier molecular flexibility index (Phi) is 9.89. The average molecular weight is 553 g/mol. The fraction of sp³-hybridized carbons (Fsp3) is 0.478. The van der Waals surface area contributed by atoms with Gasteiger partial charge in [-0.3, -0.25) is 14.7 Å². The van der Waals surface area contributed by atoms with Crippen molar-refractivity contribution in [1.82, 2.24) is 14.8 Å². The number of carboxylic acids is 2. The highest BCUT2D eigenvalue weighted by Gasteiger charge is 2.44. The number of fused-ring (bicyclic) bond motifs is 1. The minimum atomic E-state index is -5.08. The summed E-state index contributed by atoms with van der Waals surface area (Å²) in [6.07, 6.45) is -4.63. The van der Waals surface area contributed by atoms with Crippen LogP contribution in [0.25, 0.3) is 0 Å². The summed E-state index contributed by atoms with van der Waals surface area (Å²) in [4.78, 5) is 39.3. The van der Waals surface area contributed by atoms with E-state index < -0.39 is 24.3 Å². The predicted molar refractivity (Wildman–Crippen MR) is 118 cm³/mol. The highest BCUT2D eigenvalue weighted by Crippen LogP contribution is 2.33. The summed E-state index contributed by atoms with van der Waals surface area (Å²) in [5.41, 5.74) is 1.73. The van der Waals surface area contributed by atoms with Crippen molar-refractivity contribution in [2.45, 2.75) is 57.7 Å². The number of carbonyl (C=O) groups excluding carboxylic acids is 1. The maximum Gasteiger partial charge on any atom is 0.490 e. The standard InChI is InChI=1S/C19H23N3O2.2C2HF3O2/c1-13-9-15(11-20-10-13)19(23)22-8-6-17-18(22)5-7-21(17)12-16-4-3-14(2)24-16;2*3-2(4,5)1(6)7/h3-4,9-11,17-18H,5-8,12H2,1-2H3;2*(H,6,7)/t17-,18+;;/m0../s1. The number of rotatable bonds is 3. The molecule has 2 aliphatic rings. The molecule has 15 heteroatoms. The van der Waals surface area contributed by atoms with Crippen molar-refractivity contribution in [3.8, 4) is 0 Å². The van der Waals surface area contributed by atoms with Gasteiger partial charge in [0.25, 0.3) is 5.91 Å². The Labute approximate surface area is 212 Å². The fourth-order valence-corrected chi connectivity index (χ4v) is 4.13. The Hall–Kier alpha value is -3.62. The summed E-state index contributed by atoms with van der Waals surface area (Å²) in [7, 11) is 0. The molecule has 0 saturated carbocycles. The number of aromatic nitrogens is 1. The molecule has 2 N–H and O–H groups in total. The Morgan fingerprint density at radius 3 is 1.97 bits per heavy atom. The molecule has 0 bridgehead atoms. The van der Waals surface area contributed by atoms with Crippen LogP contribution in [-0.4, -0.2) is 80.4 Å². The molecule has 1 amide bonds. The molecule has 0 spiro atoms. The van der Waals surface area contributed by atoms with Crippen LogP contribution in [0.4, 0.5) is 26.3 Å². The van der Waals surface area contributed by atoms with Gasteiger partial charge in [-0.05, 0) is 50.5 Å². The number of aryl methyl sites for hydroxylation is 2. The van der Waals surface area contributed by atoms with E-state index in [1.807, 2.05) is 26.0 Å². The SMILES string of the molecule is Cc1cncc(C(=O)N2CC[C@H]3[C@H]2CCN3Cc2ccc(C)o2)c1.O=C(O)C(F)(F)F.O=C(O)C(F)(F)F. The number of likely N-dealkylation sites (tertiary alicyclic amines) is 2. The lowest BCUT2D eigenvalue weighted by Gasteiger charge is -2.25. The van der Waals surface area contributed by atoms with E-state index >= 15 is 0 Å². The van der Waals surface area contributed by atoms with Crippen LogP contribution in [0.5, 0.6) is 0 Å². The zero-order valence-corrected chi connectivity index (χ0v) is 20.2. The second-order valence-electron chi connectivity index (χ2n) is 8.55. The lowest BCUT2D eigenvalue weighted by atomic mass is 10.1. The van der Waals surface area contributed by atoms with Crippen LogP contribution in [0, 0.1) is 13.8 Å². The van der Waals surface area contributed by atoms with Gasteiger partial charge in [0.05, 0.1) is 12.1 Å².